The normalized spacial score (nSPS) is 14.3. The fourth-order valence-electron chi connectivity index (χ4n) is 3.74. The van der Waals surface area contributed by atoms with Crippen molar-refractivity contribution in [1.82, 2.24) is 9.88 Å². The zero-order chi connectivity index (χ0) is 21.1. The third-order valence-corrected chi connectivity index (χ3v) is 5.19. The lowest BCUT2D eigenvalue weighted by Crippen LogP contribution is -2.49. The van der Waals surface area contributed by atoms with Crippen molar-refractivity contribution in [2.75, 3.05) is 38.2 Å². The van der Waals surface area contributed by atoms with Gasteiger partial charge in [0.05, 0.1) is 24.5 Å². The van der Waals surface area contributed by atoms with Crippen LogP contribution in [0.2, 0.25) is 0 Å². The van der Waals surface area contributed by atoms with Gasteiger partial charge in [0.2, 0.25) is 0 Å². The zero-order valence-corrected chi connectivity index (χ0v) is 17.7. The molecule has 0 radical (unpaired) electrons. The first-order chi connectivity index (χ1) is 13.8. The molecule has 0 atom stereocenters. The largest absolute Gasteiger partial charge is 0.495 e. The number of ether oxygens (including phenoxy) is 2. The molecule has 0 bridgehead atoms. The molecule has 0 aliphatic carbocycles. The number of anilines is 1. The van der Waals surface area contributed by atoms with E-state index in [-0.39, 0.29) is 12.0 Å². The van der Waals surface area contributed by atoms with Gasteiger partial charge in [-0.1, -0.05) is 12.1 Å². The number of nitrogens with one attached hydrogen (secondary N) is 1. The highest BCUT2D eigenvalue weighted by Crippen LogP contribution is 2.29. The number of amides is 1. The second-order valence-corrected chi connectivity index (χ2v) is 7.53. The Balaban J connectivity index is 1.72. The number of nitrogens with zero attached hydrogens (tertiary/aromatic N) is 2. The third kappa shape index (κ3) is 4.23. The molecule has 7 nitrogen and oxygen atoms in total. The van der Waals surface area contributed by atoms with Crippen LogP contribution in [0, 0.1) is 13.8 Å². The summed E-state index contributed by atoms with van der Waals surface area (Å²) in [6, 6.07) is 7.90. The molecule has 2 heterocycles. The topological polar surface area (TPSA) is 74.9 Å². The van der Waals surface area contributed by atoms with Crippen LogP contribution in [0.15, 0.2) is 24.3 Å². The Bertz CT molecular complexity index is 895. The van der Waals surface area contributed by atoms with E-state index >= 15 is 0 Å². The number of carbonyl (C=O) groups excluding carboxylic acids is 2. The molecule has 1 aliphatic heterocycles. The van der Waals surface area contributed by atoms with Gasteiger partial charge in [-0.3, -0.25) is 4.79 Å². The van der Waals surface area contributed by atoms with Gasteiger partial charge < -0.3 is 24.3 Å². The van der Waals surface area contributed by atoms with E-state index in [1.165, 1.54) is 0 Å². The quantitative estimate of drug-likeness (QED) is 0.782. The standard InChI is InChI=1S/C22H29N3O4/c1-14(2)29-22(27)19-15(3)20(23-16(19)4)21(26)25-12-10-24(11-13-25)17-8-6-7-9-18(17)28-5/h6-9,14,23H,10-13H2,1-5H3. The van der Waals surface area contributed by atoms with Crippen molar-refractivity contribution in [3.05, 3.63) is 46.8 Å². The first-order valence-electron chi connectivity index (χ1n) is 9.90. The summed E-state index contributed by atoms with van der Waals surface area (Å²) in [6.07, 6.45) is -0.210. The SMILES string of the molecule is COc1ccccc1N1CCN(C(=O)c2[nH]c(C)c(C(=O)OC(C)C)c2C)CC1. The number of methoxy groups -OCH3 is 1. The van der Waals surface area contributed by atoms with Crippen molar-refractivity contribution in [3.63, 3.8) is 0 Å². The number of hydrogen-bond donors (Lipinski definition) is 1. The van der Waals surface area contributed by atoms with Crippen LogP contribution in [0.3, 0.4) is 0 Å². The van der Waals surface area contributed by atoms with E-state index in [9.17, 15) is 9.59 Å². The zero-order valence-electron chi connectivity index (χ0n) is 17.7. The van der Waals surface area contributed by atoms with Gasteiger partial charge in [0, 0.05) is 31.9 Å². The number of para-hydroxylation sites is 2. The van der Waals surface area contributed by atoms with E-state index in [2.05, 4.69) is 9.88 Å². The molecular formula is C22H29N3O4. The smallest absolute Gasteiger partial charge is 0.340 e. The maximum atomic E-state index is 13.1. The summed E-state index contributed by atoms with van der Waals surface area (Å²) in [5.74, 6) is 0.344. The van der Waals surface area contributed by atoms with Gasteiger partial charge >= 0.3 is 5.97 Å². The maximum absolute atomic E-state index is 13.1. The lowest BCUT2D eigenvalue weighted by Gasteiger charge is -2.36. The minimum atomic E-state index is -0.397. The Hall–Kier alpha value is -2.96. The van der Waals surface area contributed by atoms with Crippen molar-refractivity contribution in [2.24, 2.45) is 0 Å². The molecule has 0 unspecified atom stereocenters. The van der Waals surface area contributed by atoms with Gasteiger partial charge in [0.25, 0.3) is 5.91 Å². The van der Waals surface area contributed by atoms with Gasteiger partial charge in [-0.25, -0.2) is 4.79 Å². The number of rotatable bonds is 5. The summed E-state index contributed by atoms with van der Waals surface area (Å²) < 4.78 is 10.8. The summed E-state index contributed by atoms with van der Waals surface area (Å²) in [5.41, 5.74) is 3.25. The molecule has 29 heavy (non-hydrogen) atoms. The van der Waals surface area contributed by atoms with E-state index in [0.717, 1.165) is 11.4 Å². The number of aromatic amines is 1. The van der Waals surface area contributed by atoms with E-state index in [1.54, 1.807) is 21.0 Å². The van der Waals surface area contributed by atoms with Gasteiger partial charge in [0.1, 0.15) is 11.4 Å². The molecule has 1 amide bonds. The van der Waals surface area contributed by atoms with Crippen molar-refractivity contribution < 1.29 is 19.1 Å². The fraction of sp³-hybridized carbons (Fsp3) is 0.455. The molecule has 1 aromatic heterocycles. The number of esters is 1. The van der Waals surface area contributed by atoms with Crippen LogP contribution in [0.1, 0.15) is 46.0 Å². The maximum Gasteiger partial charge on any atom is 0.340 e. The molecule has 1 aromatic carbocycles. The average molecular weight is 399 g/mol. The van der Waals surface area contributed by atoms with Crippen molar-refractivity contribution in [2.45, 2.75) is 33.8 Å². The second kappa shape index (κ2) is 8.59. The molecular weight excluding hydrogens is 370 g/mol. The number of aryl methyl sites for hydroxylation is 1. The molecule has 156 valence electrons. The van der Waals surface area contributed by atoms with Crippen molar-refractivity contribution in [1.29, 1.82) is 0 Å². The Morgan fingerprint density at radius 2 is 1.72 bits per heavy atom. The van der Waals surface area contributed by atoms with Crippen LogP contribution in [0.4, 0.5) is 5.69 Å². The average Bonchev–Trinajstić information content (AvgIpc) is 3.01. The highest BCUT2D eigenvalue weighted by atomic mass is 16.5. The molecule has 2 aromatic rings. The molecule has 1 fully saturated rings. The van der Waals surface area contributed by atoms with Crippen LogP contribution in [0.5, 0.6) is 5.75 Å². The van der Waals surface area contributed by atoms with Crippen molar-refractivity contribution >= 4 is 17.6 Å². The van der Waals surface area contributed by atoms with Crippen LogP contribution in [0.25, 0.3) is 0 Å². The van der Waals surface area contributed by atoms with E-state index in [1.807, 2.05) is 43.0 Å². The van der Waals surface area contributed by atoms with Gasteiger partial charge in [-0.15, -0.1) is 0 Å². The number of benzene rings is 1. The molecule has 1 aliphatic rings. The van der Waals surface area contributed by atoms with E-state index in [0.29, 0.717) is 48.7 Å². The minimum Gasteiger partial charge on any atom is -0.495 e. The summed E-state index contributed by atoms with van der Waals surface area (Å²) in [6.45, 7) is 9.82. The molecule has 3 rings (SSSR count). The van der Waals surface area contributed by atoms with Crippen LogP contribution in [-0.2, 0) is 4.74 Å². The fourth-order valence-corrected chi connectivity index (χ4v) is 3.74. The van der Waals surface area contributed by atoms with Crippen molar-refractivity contribution in [3.8, 4) is 5.75 Å². The predicted molar refractivity (Wildman–Crippen MR) is 112 cm³/mol. The molecule has 0 spiro atoms. The number of carbonyl (C=O) groups is 2. The number of piperazine rings is 1. The monoisotopic (exact) mass is 399 g/mol. The first-order valence-corrected chi connectivity index (χ1v) is 9.90. The Morgan fingerprint density at radius 3 is 2.34 bits per heavy atom. The highest BCUT2D eigenvalue weighted by molar-refractivity contribution is 6.00. The van der Waals surface area contributed by atoms with E-state index in [4.69, 9.17) is 9.47 Å². The van der Waals surface area contributed by atoms with Crippen LogP contribution >= 0.6 is 0 Å². The molecule has 1 saturated heterocycles. The Morgan fingerprint density at radius 1 is 1.07 bits per heavy atom. The highest BCUT2D eigenvalue weighted by Gasteiger charge is 2.29. The summed E-state index contributed by atoms with van der Waals surface area (Å²) in [5, 5.41) is 0. The molecule has 0 saturated carbocycles. The summed E-state index contributed by atoms with van der Waals surface area (Å²) >= 11 is 0. The lowest BCUT2D eigenvalue weighted by molar-refractivity contribution is 0.0376. The number of H-pyrrole nitrogens is 1. The number of hydrogen-bond acceptors (Lipinski definition) is 5. The molecule has 1 N–H and O–H groups in total. The number of aromatic nitrogens is 1. The third-order valence-electron chi connectivity index (χ3n) is 5.19. The van der Waals surface area contributed by atoms with Gasteiger partial charge in [-0.2, -0.15) is 0 Å². The Kier molecular flexibility index (Phi) is 6.15. The second-order valence-electron chi connectivity index (χ2n) is 7.53. The van der Waals surface area contributed by atoms with Crippen LogP contribution < -0.4 is 9.64 Å². The summed E-state index contributed by atoms with van der Waals surface area (Å²) in [4.78, 5) is 32.6. The minimum absolute atomic E-state index is 0.0890. The van der Waals surface area contributed by atoms with Gasteiger partial charge in [-0.05, 0) is 45.4 Å². The molecule has 7 heteroatoms. The summed E-state index contributed by atoms with van der Waals surface area (Å²) in [7, 11) is 1.66. The van der Waals surface area contributed by atoms with Crippen LogP contribution in [-0.4, -0.2) is 61.2 Å². The first kappa shape index (κ1) is 20.8. The van der Waals surface area contributed by atoms with E-state index < -0.39 is 5.97 Å². The predicted octanol–water partition coefficient (Wildman–Crippen LogP) is 3.17. The van der Waals surface area contributed by atoms with Gasteiger partial charge in [0.15, 0.2) is 0 Å². The Labute approximate surface area is 171 Å². The lowest BCUT2D eigenvalue weighted by atomic mass is 10.1.